The van der Waals surface area contributed by atoms with E-state index in [9.17, 15) is 9.59 Å². The lowest BCUT2D eigenvalue weighted by molar-refractivity contribution is -0.144. The summed E-state index contributed by atoms with van der Waals surface area (Å²) >= 11 is 5.84. The van der Waals surface area contributed by atoms with Crippen LogP contribution in [0.5, 0.6) is 0 Å². The van der Waals surface area contributed by atoms with E-state index in [4.69, 9.17) is 16.3 Å². The number of benzene rings is 1. The number of carbonyl (C=O) groups is 2. The molecule has 1 amide bonds. The Hall–Kier alpha value is -1.55. The Morgan fingerprint density at radius 2 is 2.11 bits per heavy atom. The zero-order chi connectivity index (χ0) is 13.7. The number of rotatable bonds is 4. The van der Waals surface area contributed by atoms with Gasteiger partial charge < -0.3 is 10.1 Å². The molecule has 98 valence electrons. The molecule has 0 saturated heterocycles. The summed E-state index contributed by atoms with van der Waals surface area (Å²) in [4.78, 5) is 23.4. The zero-order valence-electron chi connectivity index (χ0n) is 10.6. The maximum absolute atomic E-state index is 12.0. The second-order valence-corrected chi connectivity index (χ2v) is 4.34. The first-order valence-electron chi connectivity index (χ1n) is 5.69. The molecule has 1 atom stereocenters. The first-order valence-corrected chi connectivity index (χ1v) is 6.07. The van der Waals surface area contributed by atoms with E-state index in [1.54, 1.807) is 39.0 Å². The van der Waals surface area contributed by atoms with Crippen molar-refractivity contribution in [3.8, 4) is 0 Å². The quantitative estimate of drug-likeness (QED) is 0.854. The van der Waals surface area contributed by atoms with Gasteiger partial charge in [0.2, 0.25) is 0 Å². The molecule has 1 N–H and O–H groups in total. The van der Waals surface area contributed by atoms with Gasteiger partial charge in [-0.3, -0.25) is 4.79 Å². The van der Waals surface area contributed by atoms with Crippen molar-refractivity contribution in [3.05, 3.63) is 34.3 Å². The average molecular weight is 270 g/mol. The zero-order valence-corrected chi connectivity index (χ0v) is 11.4. The molecule has 0 bridgehead atoms. The Labute approximate surface area is 111 Å². The highest BCUT2D eigenvalue weighted by Gasteiger charge is 2.18. The number of esters is 1. The second-order valence-electron chi connectivity index (χ2n) is 3.91. The molecular formula is C13H16ClNO3. The second kappa shape index (κ2) is 6.40. The maximum atomic E-state index is 12.0. The van der Waals surface area contributed by atoms with Crippen LogP contribution in [0.2, 0.25) is 5.02 Å². The first-order chi connectivity index (χ1) is 8.45. The molecule has 1 aromatic carbocycles. The van der Waals surface area contributed by atoms with Crippen molar-refractivity contribution in [1.82, 2.24) is 5.32 Å². The van der Waals surface area contributed by atoms with Crippen LogP contribution < -0.4 is 5.32 Å². The van der Waals surface area contributed by atoms with E-state index in [0.29, 0.717) is 10.6 Å². The highest BCUT2D eigenvalue weighted by molar-refractivity contribution is 6.31. The van der Waals surface area contributed by atoms with E-state index in [0.717, 1.165) is 5.56 Å². The summed E-state index contributed by atoms with van der Waals surface area (Å²) in [5, 5.41) is 3.06. The Morgan fingerprint density at radius 1 is 1.44 bits per heavy atom. The van der Waals surface area contributed by atoms with Gasteiger partial charge in [0.1, 0.15) is 6.04 Å². The number of hydrogen-bond acceptors (Lipinski definition) is 3. The summed E-state index contributed by atoms with van der Waals surface area (Å²) in [6.45, 7) is 5.39. The van der Waals surface area contributed by atoms with Crippen molar-refractivity contribution < 1.29 is 14.3 Å². The van der Waals surface area contributed by atoms with E-state index in [1.807, 2.05) is 0 Å². The maximum Gasteiger partial charge on any atom is 0.328 e. The van der Waals surface area contributed by atoms with E-state index in [1.165, 1.54) is 0 Å². The van der Waals surface area contributed by atoms with Crippen molar-refractivity contribution in [2.24, 2.45) is 0 Å². The van der Waals surface area contributed by atoms with E-state index >= 15 is 0 Å². The van der Waals surface area contributed by atoms with Crippen molar-refractivity contribution in [1.29, 1.82) is 0 Å². The molecule has 0 radical (unpaired) electrons. The largest absolute Gasteiger partial charge is 0.464 e. The summed E-state index contributed by atoms with van der Waals surface area (Å²) in [5.74, 6) is -0.791. The van der Waals surface area contributed by atoms with Crippen LogP contribution in [0.25, 0.3) is 0 Å². The van der Waals surface area contributed by atoms with Crippen LogP contribution in [-0.2, 0) is 9.53 Å². The molecule has 0 aromatic heterocycles. The number of nitrogens with one attached hydrogen (secondary N) is 1. The molecule has 0 heterocycles. The van der Waals surface area contributed by atoms with Crippen LogP contribution in [0.1, 0.15) is 29.8 Å². The molecule has 1 aromatic rings. The van der Waals surface area contributed by atoms with Gasteiger partial charge in [0.25, 0.3) is 5.91 Å². The average Bonchev–Trinajstić information content (AvgIpc) is 2.32. The van der Waals surface area contributed by atoms with Gasteiger partial charge in [0, 0.05) is 10.6 Å². The lowest BCUT2D eigenvalue weighted by Gasteiger charge is -2.13. The number of carbonyl (C=O) groups excluding carboxylic acids is 2. The molecule has 5 heteroatoms. The van der Waals surface area contributed by atoms with Crippen LogP contribution in [0.3, 0.4) is 0 Å². The van der Waals surface area contributed by atoms with Crippen molar-refractivity contribution >= 4 is 23.5 Å². The third-order valence-corrected chi connectivity index (χ3v) is 2.67. The lowest BCUT2D eigenvalue weighted by atomic mass is 10.1. The molecule has 4 nitrogen and oxygen atoms in total. The molecule has 1 rings (SSSR count). The molecule has 0 spiro atoms. The van der Waals surface area contributed by atoms with Gasteiger partial charge in [-0.25, -0.2) is 4.79 Å². The van der Waals surface area contributed by atoms with E-state index in [-0.39, 0.29) is 12.5 Å². The molecule has 1 unspecified atom stereocenters. The molecule has 0 fully saturated rings. The summed E-state index contributed by atoms with van der Waals surface area (Å²) < 4.78 is 4.81. The van der Waals surface area contributed by atoms with Crippen LogP contribution in [0, 0.1) is 6.92 Å². The summed E-state index contributed by atoms with van der Waals surface area (Å²) in [5.41, 5.74) is 1.26. The number of halogens is 1. The van der Waals surface area contributed by atoms with Crippen LogP contribution in [0.4, 0.5) is 0 Å². The molecule has 0 saturated carbocycles. The van der Waals surface area contributed by atoms with Gasteiger partial charge in [-0.05, 0) is 38.5 Å². The fourth-order valence-electron chi connectivity index (χ4n) is 1.44. The van der Waals surface area contributed by atoms with Gasteiger partial charge in [-0.1, -0.05) is 17.7 Å². The predicted octanol–water partition coefficient (Wildman–Crippen LogP) is 2.33. The topological polar surface area (TPSA) is 55.4 Å². The van der Waals surface area contributed by atoms with Crippen molar-refractivity contribution in [3.63, 3.8) is 0 Å². The van der Waals surface area contributed by atoms with Crippen LogP contribution in [0.15, 0.2) is 18.2 Å². The standard InChI is InChI=1S/C13H16ClNO3/c1-4-18-13(17)9(3)15-12(16)11-7-10(14)6-5-8(11)2/h5-7,9H,4H2,1-3H3,(H,15,16). The van der Waals surface area contributed by atoms with Gasteiger partial charge in [-0.2, -0.15) is 0 Å². The molecule has 0 aliphatic carbocycles. The third kappa shape index (κ3) is 3.74. The molecule has 0 aliphatic rings. The van der Waals surface area contributed by atoms with Crippen molar-refractivity contribution in [2.45, 2.75) is 26.8 Å². The van der Waals surface area contributed by atoms with Crippen LogP contribution >= 0.6 is 11.6 Å². The molecule has 18 heavy (non-hydrogen) atoms. The van der Waals surface area contributed by atoms with Gasteiger partial charge in [0.05, 0.1) is 6.61 Å². The Kier molecular flexibility index (Phi) is 5.16. The lowest BCUT2D eigenvalue weighted by Crippen LogP contribution is -2.39. The normalized spacial score (nSPS) is 11.8. The monoisotopic (exact) mass is 269 g/mol. The van der Waals surface area contributed by atoms with Gasteiger partial charge >= 0.3 is 5.97 Å². The van der Waals surface area contributed by atoms with Gasteiger partial charge in [0.15, 0.2) is 0 Å². The first kappa shape index (κ1) is 14.5. The minimum Gasteiger partial charge on any atom is -0.464 e. The Bertz CT molecular complexity index is 460. The smallest absolute Gasteiger partial charge is 0.328 e. The summed E-state index contributed by atoms with van der Waals surface area (Å²) in [6.07, 6.45) is 0. The fraction of sp³-hybridized carbons (Fsp3) is 0.385. The third-order valence-electron chi connectivity index (χ3n) is 2.43. The Morgan fingerprint density at radius 3 is 2.72 bits per heavy atom. The number of hydrogen-bond donors (Lipinski definition) is 1. The number of amides is 1. The highest BCUT2D eigenvalue weighted by atomic mass is 35.5. The van der Waals surface area contributed by atoms with Crippen molar-refractivity contribution in [2.75, 3.05) is 6.61 Å². The van der Waals surface area contributed by atoms with Crippen LogP contribution in [-0.4, -0.2) is 24.5 Å². The fourth-order valence-corrected chi connectivity index (χ4v) is 1.61. The van der Waals surface area contributed by atoms with E-state index in [2.05, 4.69) is 5.32 Å². The van der Waals surface area contributed by atoms with E-state index < -0.39 is 12.0 Å². The Balaban J connectivity index is 2.76. The SMILES string of the molecule is CCOC(=O)C(C)NC(=O)c1cc(Cl)ccc1C. The van der Waals surface area contributed by atoms with Gasteiger partial charge in [-0.15, -0.1) is 0 Å². The number of ether oxygens (including phenoxy) is 1. The highest BCUT2D eigenvalue weighted by Crippen LogP contribution is 2.15. The number of aryl methyl sites for hydroxylation is 1. The summed E-state index contributed by atoms with van der Waals surface area (Å²) in [7, 11) is 0. The minimum atomic E-state index is -0.684. The predicted molar refractivity (Wildman–Crippen MR) is 69.8 cm³/mol. The molecule has 0 aliphatic heterocycles. The minimum absolute atomic E-state index is 0.287. The molecular weight excluding hydrogens is 254 g/mol. The summed E-state index contributed by atoms with van der Waals surface area (Å²) in [6, 6.07) is 4.36.